The van der Waals surface area contributed by atoms with Crippen molar-refractivity contribution in [2.24, 2.45) is 5.92 Å². The lowest BCUT2D eigenvalue weighted by Gasteiger charge is -2.29. The number of likely N-dealkylation sites (tertiary alicyclic amines) is 1. The predicted octanol–water partition coefficient (Wildman–Crippen LogP) is 0.321. The number of aliphatic hydroxyl groups is 1. The number of carbonyl (C=O) groups is 2. The normalized spacial score (nSPS) is 15.9. The first-order chi connectivity index (χ1) is 16.6. The number of nitrogens with one attached hydrogen (secondary N) is 1. The maximum Gasteiger partial charge on any atom is 0.264 e. The molecule has 2 amide bonds. The van der Waals surface area contributed by atoms with Crippen molar-refractivity contribution in [1.82, 2.24) is 20.2 Å². The van der Waals surface area contributed by atoms with Gasteiger partial charge in [0.15, 0.2) is 14.6 Å². The Balaban J connectivity index is 1.65. The number of sulfone groups is 1. The summed E-state index contributed by atoms with van der Waals surface area (Å²) >= 11 is 0. The van der Waals surface area contributed by atoms with Gasteiger partial charge in [-0.05, 0) is 56.2 Å². The largest absolute Gasteiger partial charge is 0.387 e. The molecule has 3 rings (SSSR count). The highest BCUT2D eigenvalue weighted by Crippen LogP contribution is 2.23. The van der Waals surface area contributed by atoms with E-state index in [0.29, 0.717) is 18.6 Å². The molecule has 1 saturated heterocycles. The Kier molecular flexibility index (Phi) is 8.18. The van der Waals surface area contributed by atoms with Crippen LogP contribution in [0.3, 0.4) is 0 Å². The molecule has 10 nitrogen and oxygen atoms in total. The SMILES string of the molecule is C[C@@](CCn1cc2cc(C#CC#CC3CCN(C(=O)CO)CC3)ccc2n1)(C(=O)NO)S(C)(=O)=O. The number of hydrogen-bond acceptors (Lipinski definition) is 7. The topological polar surface area (TPSA) is 142 Å². The summed E-state index contributed by atoms with van der Waals surface area (Å²) in [5, 5.41) is 23.1. The lowest BCUT2D eigenvalue weighted by Crippen LogP contribution is -2.49. The first-order valence-electron chi connectivity index (χ1n) is 11.1. The van der Waals surface area contributed by atoms with Crippen LogP contribution in [0.2, 0.25) is 0 Å². The number of hydrogen-bond donors (Lipinski definition) is 3. The summed E-state index contributed by atoms with van der Waals surface area (Å²) in [5.74, 6) is 10.8. The van der Waals surface area contributed by atoms with Crippen molar-refractivity contribution < 1.29 is 28.3 Å². The highest BCUT2D eigenvalue weighted by molar-refractivity contribution is 7.92. The number of rotatable bonds is 6. The Labute approximate surface area is 204 Å². The van der Waals surface area contributed by atoms with Crippen molar-refractivity contribution in [2.75, 3.05) is 26.0 Å². The molecule has 0 radical (unpaired) electrons. The molecule has 1 aromatic carbocycles. The van der Waals surface area contributed by atoms with E-state index in [9.17, 15) is 18.0 Å². The van der Waals surface area contributed by atoms with E-state index >= 15 is 0 Å². The van der Waals surface area contributed by atoms with E-state index < -0.39 is 27.1 Å². The fourth-order valence-corrected chi connectivity index (χ4v) is 4.64. The number of nitrogens with zero attached hydrogens (tertiary/aromatic N) is 3. The number of hydroxylamine groups is 1. The van der Waals surface area contributed by atoms with Gasteiger partial charge < -0.3 is 10.0 Å². The fraction of sp³-hybridized carbons (Fsp3) is 0.458. The lowest BCUT2D eigenvalue weighted by atomic mass is 9.97. The molecule has 0 spiro atoms. The van der Waals surface area contributed by atoms with Gasteiger partial charge in [-0.25, -0.2) is 13.9 Å². The molecule has 0 unspecified atom stereocenters. The highest BCUT2D eigenvalue weighted by Gasteiger charge is 2.43. The fourth-order valence-electron chi connectivity index (χ4n) is 3.80. The molecule has 1 aliphatic heterocycles. The van der Waals surface area contributed by atoms with Crippen LogP contribution in [0.5, 0.6) is 0 Å². The number of benzene rings is 1. The predicted molar refractivity (Wildman–Crippen MR) is 129 cm³/mol. The third kappa shape index (κ3) is 6.20. The van der Waals surface area contributed by atoms with Crippen LogP contribution >= 0.6 is 0 Å². The van der Waals surface area contributed by atoms with Crippen LogP contribution in [0, 0.1) is 29.6 Å². The van der Waals surface area contributed by atoms with Gasteiger partial charge in [0.2, 0.25) is 5.91 Å². The Bertz CT molecular complexity index is 1340. The minimum atomic E-state index is -3.78. The van der Waals surface area contributed by atoms with Gasteiger partial charge in [-0.3, -0.25) is 19.5 Å². The van der Waals surface area contributed by atoms with Crippen LogP contribution in [0.1, 0.15) is 31.7 Å². The van der Waals surface area contributed by atoms with Crippen molar-refractivity contribution >= 4 is 32.6 Å². The van der Waals surface area contributed by atoms with Gasteiger partial charge in [0, 0.05) is 49.0 Å². The van der Waals surface area contributed by atoms with Crippen molar-refractivity contribution in [1.29, 1.82) is 0 Å². The number of aryl methyl sites for hydroxylation is 1. The zero-order valence-electron chi connectivity index (χ0n) is 19.6. The van der Waals surface area contributed by atoms with Gasteiger partial charge in [-0.2, -0.15) is 5.10 Å². The third-order valence-corrected chi connectivity index (χ3v) is 8.32. The molecule has 0 aliphatic carbocycles. The number of aromatic nitrogens is 2. The molecule has 3 N–H and O–H groups in total. The van der Waals surface area contributed by atoms with Gasteiger partial charge in [-0.1, -0.05) is 11.8 Å². The molecule has 0 saturated carbocycles. The Morgan fingerprint density at radius 1 is 1.26 bits per heavy atom. The summed E-state index contributed by atoms with van der Waals surface area (Å²) in [6.45, 7) is 2.12. The van der Waals surface area contributed by atoms with Crippen molar-refractivity contribution in [3.8, 4) is 23.7 Å². The average Bonchev–Trinajstić information content (AvgIpc) is 3.26. The van der Waals surface area contributed by atoms with Crippen LogP contribution < -0.4 is 5.48 Å². The number of aliphatic hydroxyl groups excluding tert-OH is 1. The van der Waals surface area contributed by atoms with E-state index in [1.54, 1.807) is 21.8 Å². The zero-order valence-corrected chi connectivity index (χ0v) is 20.4. The molecule has 2 aromatic rings. The number of carbonyl (C=O) groups excluding carboxylic acids is 2. The first kappa shape index (κ1) is 26.2. The Hall–Kier alpha value is -3.38. The number of piperidine rings is 1. The van der Waals surface area contributed by atoms with Crippen molar-refractivity contribution in [3.05, 3.63) is 30.0 Å². The summed E-state index contributed by atoms with van der Waals surface area (Å²) in [4.78, 5) is 25.1. The maximum atomic E-state index is 12.1. The molecule has 11 heteroatoms. The molecular weight excluding hydrogens is 472 g/mol. The minimum absolute atomic E-state index is 0.0679. The van der Waals surface area contributed by atoms with Gasteiger partial charge in [0.1, 0.15) is 6.61 Å². The summed E-state index contributed by atoms with van der Waals surface area (Å²) in [7, 11) is -3.78. The van der Waals surface area contributed by atoms with E-state index in [1.807, 2.05) is 12.1 Å². The smallest absolute Gasteiger partial charge is 0.264 e. The summed E-state index contributed by atoms with van der Waals surface area (Å²) in [5.41, 5.74) is 2.88. The van der Waals surface area contributed by atoms with E-state index in [-0.39, 0.29) is 24.8 Å². The molecular formula is C24H28N4O6S. The van der Waals surface area contributed by atoms with E-state index in [4.69, 9.17) is 10.3 Å². The molecule has 186 valence electrons. The molecule has 1 aromatic heterocycles. The van der Waals surface area contributed by atoms with Gasteiger partial charge >= 0.3 is 0 Å². The van der Waals surface area contributed by atoms with Crippen LogP contribution in [0.15, 0.2) is 24.4 Å². The third-order valence-electron chi connectivity index (χ3n) is 6.30. The monoisotopic (exact) mass is 500 g/mol. The summed E-state index contributed by atoms with van der Waals surface area (Å²) in [6.07, 6.45) is 4.14. The summed E-state index contributed by atoms with van der Waals surface area (Å²) in [6, 6.07) is 5.46. The second-order valence-corrected chi connectivity index (χ2v) is 11.1. The molecule has 1 fully saturated rings. The van der Waals surface area contributed by atoms with Crippen LogP contribution in [0.25, 0.3) is 10.9 Å². The van der Waals surface area contributed by atoms with Gasteiger partial charge in [0.05, 0.1) is 5.52 Å². The average molecular weight is 501 g/mol. The van der Waals surface area contributed by atoms with E-state index in [2.05, 4.69) is 28.8 Å². The maximum absolute atomic E-state index is 12.1. The van der Waals surface area contributed by atoms with Gasteiger partial charge in [-0.15, -0.1) is 0 Å². The van der Waals surface area contributed by atoms with Crippen molar-refractivity contribution in [3.63, 3.8) is 0 Å². The first-order valence-corrected chi connectivity index (χ1v) is 13.0. The number of fused-ring (bicyclic) bond motifs is 1. The Morgan fingerprint density at radius 2 is 1.97 bits per heavy atom. The van der Waals surface area contributed by atoms with Crippen LogP contribution in [-0.4, -0.2) is 75.9 Å². The highest BCUT2D eigenvalue weighted by atomic mass is 32.2. The molecule has 1 aliphatic rings. The summed E-state index contributed by atoms with van der Waals surface area (Å²) < 4.78 is 24.0. The molecule has 0 bridgehead atoms. The zero-order chi connectivity index (χ0) is 25.6. The second-order valence-electron chi connectivity index (χ2n) is 8.69. The van der Waals surface area contributed by atoms with Gasteiger partial charge in [0.25, 0.3) is 5.91 Å². The quantitative estimate of drug-likeness (QED) is 0.295. The number of amides is 2. The minimum Gasteiger partial charge on any atom is -0.387 e. The van der Waals surface area contributed by atoms with E-state index in [1.165, 1.54) is 12.4 Å². The second kappa shape index (κ2) is 10.9. The van der Waals surface area contributed by atoms with Crippen LogP contribution in [0.4, 0.5) is 0 Å². The lowest BCUT2D eigenvalue weighted by molar-refractivity contribution is -0.135. The van der Waals surface area contributed by atoms with Crippen molar-refractivity contribution in [2.45, 2.75) is 37.5 Å². The standard InChI is InChI=1S/C24H28N4O6S/c1-24(23(31)26-32,35(2,33)34)11-14-28-16-20-15-19(7-8-21(20)25-28)6-4-3-5-18-9-12-27(13-10-18)22(30)17-29/h7-8,15-16,18,29,32H,9-14,17H2,1-2H3,(H,26,31)/t24-/m1/s1. The van der Waals surface area contributed by atoms with Crippen LogP contribution in [-0.2, 0) is 26.0 Å². The van der Waals surface area contributed by atoms with E-state index in [0.717, 1.165) is 30.0 Å². The molecule has 35 heavy (non-hydrogen) atoms. The molecule has 2 heterocycles. The molecule has 1 atom stereocenters. The Morgan fingerprint density at radius 3 is 2.60 bits per heavy atom.